The minimum absolute atomic E-state index is 0.00273. The summed E-state index contributed by atoms with van der Waals surface area (Å²) in [7, 11) is 0. The fraction of sp³-hybridized carbons (Fsp3) is 0.444. The number of rotatable bonds is 8. The molecule has 0 bridgehead atoms. The van der Waals surface area contributed by atoms with Gasteiger partial charge in [-0.25, -0.2) is 9.59 Å². The molecule has 4 N–H and O–H groups in total. The zero-order chi connectivity index (χ0) is 24.5. The molecule has 2 aromatic carbocycles. The van der Waals surface area contributed by atoms with E-state index in [4.69, 9.17) is 9.84 Å². The van der Waals surface area contributed by atoms with E-state index in [9.17, 15) is 19.5 Å². The lowest BCUT2D eigenvalue weighted by Gasteiger charge is -2.40. The number of ether oxygens (including phenoxy) is 1. The quantitative estimate of drug-likeness (QED) is 0.462. The molecule has 35 heavy (non-hydrogen) atoms. The van der Waals surface area contributed by atoms with E-state index in [0.29, 0.717) is 18.8 Å². The van der Waals surface area contributed by atoms with E-state index in [-0.39, 0.29) is 49.3 Å². The van der Waals surface area contributed by atoms with E-state index < -0.39 is 18.1 Å². The molecule has 3 aliphatic rings. The van der Waals surface area contributed by atoms with Crippen LogP contribution in [0.5, 0.6) is 0 Å². The van der Waals surface area contributed by atoms with E-state index >= 15 is 0 Å². The number of aliphatic carboxylic acids is 1. The van der Waals surface area contributed by atoms with Crippen LogP contribution in [-0.4, -0.2) is 53.5 Å². The highest BCUT2D eigenvalue weighted by Crippen LogP contribution is 2.50. The Kier molecular flexibility index (Phi) is 6.47. The number of carbonyl (C=O) groups excluding carboxylic acids is 2. The molecule has 0 spiro atoms. The number of fused-ring (bicyclic) bond motifs is 4. The molecule has 0 radical (unpaired) electrons. The number of nitrogens with one attached hydrogen (secondary N) is 2. The van der Waals surface area contributed by atoms with Crippen molar-refractivity contribution in [2.75, 3.05) is 13.2 Å². The van der Waals surface area contributed by atoms with E-state index in [2.05, 4.69) is 34.9 Å². The second-order valence-electron chi connectivity index (χ2n) is 9.82. The second-order valence-corrected chi connectivity index (χ2v) is 9.82. The van der Waals surface area contributed by atoms with Gasteiger partial charge >= 0.3 is 12.1 Å². The van der Waals surface area contributed by atoms with Crippen molar-refractivity contribution in [2.45, 2.75) is 43.7 Å². The summed E-state index contributed by atoms with van der Waals surface area (Å²) < 4.78 is 5.66. The normalized spacial score (nSPS) is 24.9. The third kappa shape index (κ3) is 4.50. The number of aliphatic hydroxyl groups excluding tert-OH is 1. The lowest BCUT2D eigenvalue weighted by molar-refractivity contribution is -0.142. The van der Waals surface area contributed by atoms with Gasteiger partial charge in [0.25, 0.3) is 0 Å². The summed E-state index contributed by atoms with van der Waals surface area (Å²) in [5.74, 6) is -1.19. The summed E-state index contributed by atoms with van der Waals surface area (Å²) in [4.78, 5) is 36.4. The minimum atomic E-state index is -1.15. The smallest absolute Gasteiger partial charge is 0.407 e. The van der Waals surface area contributed by atoms with Crippen LogP contribution in [-0.2, 0) is 14.3 Å². The minimum Gasteiger partial charge on any atom is -0.480 e. The number of carbonyl (C=O) groups is 3. The van der Waals surface area contributed by atoms with Gasteiger partial charge in [0.15, 0.2) is 0 Å². The highest BCUT2D eigenvalue weighted by molar-refractivity contribution is 5.85. The highest BCUT2D eigenvalue weighted by atomic mass is 16.5. The maximum Gasteiger partial charge on any atom is 0.407 e. The SMILES string of the molecule is O=C(NC1CC2CC(C(=O)N[C@H](CCO)C(=O)O)CC21)OCC1c2ccccc2-c2ccccc21. The summed E-state index contributed by atoms with van der Waals surface area (Å²) in [6.07, 6.45) is 1.61. The van der Waals surface area contributed by atoms with Crippen LogP contribution < -0.4 is 10.6 Å². The fourth-order valence-electron chi connectivity index (χ4n) is 6.07. The molecule has 184 valence electrons. The zero-order valence-corrected chi connectivity index (χ0v) is 19.4. The molecular weight excluding hydrogens is 448 g/mol. The molecule has 5 atom stereocenters. The Morgan fingerprint density at radius 1 is 0.971 bits per heavy atom. The monoisotopic (exact) mass is 478 g/mol. The number of amides is 2. The van der Waals surface area contributed by atoms with Crippen LogP contribution in [0.3, 0.4) is 0 Å². The van der Waals surface area contributed by atoms with Gasteiger partial charge in [0.05, 0.1) is 0 Å². The Labute approximate surface area is 203 Å². The highest BCUT2D eigenvalue weighted by Gasteiger charge is 2.50. The Morgan fingerprint density at radius 2 is 1.63 bits per heavy atom. The largest absolute Gasteiger partial charge is 0.480 e. The molecule has 3 aliphatic carbocycles. The first-order valence-electron chi connectivity index (χ1n) is 12.2. The van der Waals surface area contributed by atoms with E-state index in [1.54, 1.807) is 0 Å². The number of alkyl carbamates (subject to hydrolysis) is 1. The fourth-order valence-corrected chi connectivity index (χ4v) is 6.07. The Hall–Kier alpha value is -3.39. The van der Waals surface area contributed by atoms with Crippen LogP contribution in [0.25, 0.3) is 11.1 Å². The van der Waals surface area contributed by atoms with Crippen molar-refractivity contribution >= 4 is 18.0 Å². The number of carboxylic acids is 1. The van der Waals surface area contributed by atoms with Crippen molar-refractivity contribution in [1.82, 2.24) is 10.6 Å². The van der Waals surface area contributed by atoms with Crippen LogP contribution in [0.1, 0.15) is 42.7 Å². The van der Waals surface area contributed by atoms with Crippen LogP contribution in [0.15, 0.2) is 48.5 Å². The zero-order valence-electron chi connectivity index (χ0n) is 19.4. The van der Waals surface area contributed by atoms with Gasteiger partial charge in [0.2, 0.25) is 5.91 Å². The molecule has 8 nitrogen and oxygen atoms in total. The summed E-state index contributed by atoms with van der Waals surface area (Å²) in [5.41, 5.74) is 4.68. The number of benzene rings is 2. The van der Waals surface area contributed by atoms with Gasteiger partial charge in [0, 0.05) is 30.9 Å². The molecule has 0 aromatic heterocycles. The lowest BCUT2D eigenvalue weighted by Crippen LogP contribution is -2.50. The maximum absolute atomic E-state index is 12.6. The van der Waals surface area contributed by atoms with Gasteiger partial charge in [-0.2, -0.15) is 0 Å². The summed E-state index contributed by atoms with van der Waals surface area (Å²) in [6.45, 7) is -0.0492. The van der Waals surface area contributed by atoms with Gasteiger partial charge in [-0.3, -0.25) is 4.79 Å². The van der Waals surface area contributed by atoms with Crippen LogP contribution in [0, 0.1) is 17.8 Å². The number of hydrogen-bond acceptors (Lipinski definition) is 5. The Balaban J connectivity index is 1.13. The predicted octanol–water partition coefficient (Wildman–Crippen LogP) is 2.89. The van der Waals surface area contributed by atoms with Crippen LogP contribution in [0.4, 0.5) is 4.79 Å². The van der Waals surface area contributed by atoms with Gasteiger partial charge in [-0.05, 0) is 53.4 Å². The van der Waals surface area contributed by atoms with Gasteiger partial charge in [0.1, 0.15) is 12.6 Å². The number of hydrogen-bond donors (Lipinski definition) is 4. The van der Waals surface area contributed by atoms with Crippen LogP contribution >= 0.6 is 0 Å². The average molecular weight is 479 g/mol. The maximum atomic E-state index is 12.6. The first kappa shape index (κ1) is 23.4. The first-order valence-corrected chi connectivity index (χ1v) is 12.2. The summed E-state index contributed by atoms with van der Waals surface area (Å²) in [6, 6.07) is 15.3. The van der Waals surface area contributed by atoms with Gasteiger partial charge in [-0.1, -0.05) is 48.5 Å². The van der Waals surface area contributed by atoms with Crippen LogP contribution in [0.2, 0.25) is 0 Å². The molecule has 8 heteroatoms. The standard InChI is InChI=1S/C27H30N2O6/c30-10-9-23(26(32)33)28-25(31)16-11-15-13-24(21(15)12-16)29-27(34)35-14-22-19-7-3-1-5-17(19)18-6-2-4-8-20(18)22/h1-8,15-16,21-24,30H,9-14H2,(H,28,31)(H,29,34)(H,32,33)/t15?,16?,21?,23-,24?/m1/s1. The molecule has 4 unspecified atom stereocenters. The molecule has 0 aliphatic heterocycles. The van der Waals surface area contributed by atoms with E-state index in [0.717, 1.165) is 17.5 Å². The van der Waals surface area contributed by atoms with Gasteiger partial charge < -0.3 is 25.6 Å². The van der Waals surface area contributed by atoms with E-state index in [1.807, 2.05) is 24.3 Å². The third-order valence-electron chi connectivity index (χ3n) is 7.87. The van der Waals surface area contributed by atoms with Gasteiger partial charge in [-0.15, -0.1) is 0 Å². The molecule has 2 aromatic rings. The number of aliphatic hydroxyl groups is 1. The lowest BCUT2D eigenvalue weighted by atomic mass is 9.71. The second kappa shape index (κ2) is 9.70. The molecule has 5 rings (SSSR count). The first-order chi connectivity index (χ1) is 17.0. The van der Waals surface area contributed by atoms with Crippen molar-refractivity contribution in [3.8, 4) is 11.1 Å². The molecule has 0 heterocycles. The average Bonchev–Trinajstić information content (AvgIpc) is 3.36. The van der Waals surface area contributed by atoms with Crippen molar-refractivity contribution in [1.29, 1.82) is 0 Å². The third-order valence-corrected chi connectivity index (χ3v) is 7.87. The molecule has 0 saturated heterocycles. The number of carboxylic acid groups (broad SMARTS) is 1. The Morgan fingerprint density at radius 3 is 2.26 bits per heavy atom. The van der Waals surface area contributed by atoms with Crippen molar-refractivity contribution < 1.29 is 29.3 Å². The van der Waals surface area contributed by atoms with E-state index in [1.165, 1.54) is 11.1 Å². The molecule has 2 fully saturated rings. The van der Waals surface area contributed by atoms with Crippen molar-refractivity contribution in [3.63, 3.8) is 0 Å². The predicted molar refractivity (Wildman–Crippen MR) is 128 cm³/mol. The summed E-state index contributed by atoms with van der Waals surface area (Å²) in [5, 5.41) is 23.7. The topological polar surface area (TPSA) is 125 Å². The molecule has 2 saturated carbocycles. The molecular formula is C27H30N2O6. The summed E-state index contributed by atoms with van der Waals surface area (Å²) >= 11 is 0. The van der Waals surface area contributed by atoms with Crippen molar-refractivity contribution in [3.05, 3.63) is 59.7 Å². The van der Waals surface area contributed by atoms with Crippen molar-refractivity contribution in [2.24, 2.45) is 17.8 Å². The Bertz CT molecular complexity index is 1090. The molecule has 2 amide bonds.